The lowest BCUT2D eigenvalue weighted by molar-refractivity contribution is 0.129. The van der Waals surface area contributed by atoms with Gasteiger partial charge in [-0.1, -0.05) is 19.9 Å². The van der Waals surface area contributed by atoms with Gasteiger partial charge in [0.2, 0.25) is 0 Å². The molecule has 25 heavy (non-hydrogen) atoms. The molecule has 1 aliphatic carbocycles. The average molecular weight is 347 g/mol. The van der Waals surface area contributed by atoms with E-state index in [0.717, 1.165) is 24.3 Å². The minimum absolute atomic E-state index is 0.0204. The molecule has 3 rings (SSSR count). The van der Waals surface area contributed by atoms with Gasteiger partial charge in [-0.2, -0.15) is 0 Å². The van der Waals surface area contributed by atoms with Crippen LogP contribution in [-0.2, 0) is 4.74 Å². The third-order valence-electron chi connectivity index (χ3n) is 5.56. The van der Waals surface area contributed by atoms with Crippen LogP contribution >= 0.6 is 0 Å². The Morgan fingerprint density at radius 2 is 1.88 bits per heavy atom. The maximum absolute atomic E-state index is 11.9. The largest absolute Gasteiger partial charge is 0.493 e. The van der Waals surface area contributed by atoms with Gasteiger partial charge in [-0.25, -0.2) is 4.79 Å². The fourth-order valence-electron chi connectivity index (χ4n) is 4.15. The zero-order valence-corrected chi connectivity index (χ0v) is 15.7. The molecule has 5 nitrogen and oxygen atoms in total. The van der Waals surface area contributed by atoms with E-state index in [0.29, 0.717) is 13.1 Å². The zero-order valence-electron chi connectivity index (χ0n) is 15.7. The van der Waals surface area contributed by atoms with Gasteiger partial charge in [0.15, 0.2) is 11.5 Å². The van der Waals surface area contributed by atoms with Crippen molar-refractivity contribution in [2.24, 2.45) is 5.41 Å². The molecule has 1 aliphatic heterocycles. The molecule has 138 valence electrons. The number of carbonyl (C=O) groups excluding carboxylic acids is 1. The van der Waals surface area contributed by atoms with Gasteiger partial charge in [0.25, 0.3) is 0 Å². The summed E-state index contributed by atoms with van der Waals surface area (Å²) in [6.07, 6.45) is 4.71. The molecule has 0 N–H and O–H groups in total. The average Bonchev–Trinajstić information content (AvgIpc) is 3.21. The molecule has 1 heterocycles. The van der Waals surface area contributed by atoms with Gasteiger partial charge in [-0.15, -0.1) is 0 Å². The third kappa shape index (κ3) is 3.70. The van der Waals surface area contributed by atoms with Gasteiger partial charge in [-0.3, -0.25) is 0 Å². The minimum Gasteiger partial charge on any atom is -0.493 e. The van der Waals surface area contributed by atoms with Crippen molar-refractivity contribution in [3.63, 3.8) is 0 Å². The number of rotatable bonds is 4. The van der Waals surface area contributed by atoms with Crippen LogP contribution in [0.3, 0.4) is 0 Å². The molecule has 1 amide bonds. The smallest absolute Gasteiger partial charge is 0.409 e. The summed E-state index contributed by atoms with van der Waals surface area (Å²) in [7, 11) is 3.11. The first-order chi connectivity index (χ1) is 11.9. The van der Waals surface area contributed by atoms with E-state index in [-0.39, 0.29) is 23.5 Å². The lowest BCUT2D eigenvalue weighted by Crippen LogP contribution is -2.29. The van der Waals surface area contributed by atoms with E-state index < -0.39 is 0 Å². The van der Waals surface area contributed by atoms with Crippen LogP contribution in [0.4, 0.5) is 4.79 Å². The summed E-state index contributed by atoms with van der Waals surface area (Å²) in [6, 6.07) is 6.17. The standard InChI is InChI=1S/C20H29NO4/c1-20(2)13-21(19(22)24-4)12-16(20)14-9-10-17(23-3)18(11-14)25-15-7-5-6-8-15/h9-11,15-16H,5-8,12-13H2,1-4H3. The van der Waals surface area contributed by atoms with Crippen molar-refractivity contribution in [3.8, 4) is 11.5 Å². The summed E-state index contributed by atoms with van der Waals surface area (Å²) in [5.74, 6) is 1.83. The van der Waals surface area contributed by atoms with Gasteiger partial charge >= 0.3 is 6.09 Å². The number of benzene rings is 1. The number of hydrogen-bond acceptors (Lipinski definition) is 4. The number of methoxy groups -OCH3 is 2. The zero-order chi connectivity index (χ0) is 18.0. The lowest BCUT2D eigenvalue weighted by Gasteiger charge is -2.26. The van der Waals surface area contributed by atoms with E-state index >= 15 is 0 Å². The van der Waals surface area contributed by atoms with Crippen LogP contribution < -0.4 is 9.47 Å². The number of amides is 1. The fraction of sp³-hybridized carbons (Fsp3) is 0.650. The van der Waals surface area contributed by atoms with Gasteiger partial charge in [0.1, 0.15) is 0 Å². The molecular weight excluding hydrogens is 318 g/mol. The normalized spacial score (nSPS) is 22.9. The van der Waals surface area contributed by atoms with Crippen LogP contribution in [0.1, 0.15) is 51.0 Å². The van der Waals surface area contributed by atoms with Crippen LogP contribution in [0.25, 0.3) is 0 Å². The van der Waals surface area contributed by atoms with Crippen molar-refractivity contribution in [2.45, 2.75) is 51.6 Å². The number of likely N-dealkylation sites (tertiary alicyclic amines) is 1. The topological polar surface area (TPSA) is 48.0 Å². The van der Waals surface area contributed by atoms with E-state index in [1.807, 2.05) is 6.07 Å². The van der Waals surface area contributed by atoms with Crippen molar-refractivity contribution >= 4 is 6.09 Å². The molecule has 0 aromatic heterocycles. The Morgan fingerprint density at radius 1 is 1.16 bits per heavy atom. The van der Waals surface area contributed by atoms with E-state index in [1.54, 1.807) is 12.0 Å². The van der Waals surface area contributed by atoms with E-state index in [9.17, 15) is 4.79 Å². The summed E-state index contributed by atoms with van der Waals surface area (Å²) in [6.45, 7) is 5.74. The van der Waals surface area contributed by atoms with Crippen LogP contribution in [-0.4, -0.2) is 44.4 Å². The summed E-state index contributed by atoms with van der Waals surface area (Å²) in [5.41, 5.74) is 1.16. The van der Waals surface area contributed by atoms with Crippen molar-refractivity contribution in [1.29, 1.82) is 0 Å². The van der Waals surface area contributed by atoms with Crippen LogP contribution in [0.2, 0.25) is 0 Å². The second-order valence-electron chi connectivity index (χ2n) is 7.83. The SMILES string of the molecule is COC(=O)N1CC(c2ccc(OC)c(OC3CCCC3)c2)C(C)(C)C1. The van der Waals surface area contributed by atoms with Crippen LogP contribution in [0, 0.1) is 5.41 Å². The number of hydrogen-bond donors (Lipinski definition) is 0. The molecule has 0 spiro atoms. The summed E-state index contributed by atoms with van der Waals surface area (Å²) < 4.78 is 16.6. The van der Waals surface area contributed by atoms with E-state index in [1.165, 1.54) is 25.5 Å². The van der Waals surface area contributed by atoms with Crippen molar-refractivity contribution in [3.05, 3.63) is 23.8 Å². The van der Waals surface area contributed by atoms with Gasteiger partial charge in [0, 0.05) is 19.0 Å². The molecule has 1 atom stereocenters. The highest BCUT2D eigenvalue weighted by Crippen LogP contribution is 2.44. The molecule has 2 aliphatic rings. The Balaban J connectivity index is 1.84. The Bertz CT molecular complexity index is 622. The second-order valence-corrected chi connectivity index (χ2v) is 7.83. The number of nitrogens with zero attached hydrogens (tertiary/aromatic N) is 1. The molecule has 1 saturated carbocycles. The second kappa shape index (κ2) is 7.14. The molecule has 0 radical (unpaired) electrons. The summed E-state index contributed by atoms with van der Waals surface area (Å²) in [5, 5.41) is 0. The Labute approximate surface area is 150 Å². The highest BCUT2D eigenvalue weighted by molar-refractivity contribution is 5.68. The highest BCUT2D eigenvalue weighted by Gasteiger charge is 2.42. The Morgan fingerprint density at radius 3 is 2.52 bits per heavy atom. The first-order valence-corrected chi connectivity index (χ1v) is 9.12. The molecule has 1 saturated heterocycles. The highest BCUT2D eigenvalue weighted by atomic mass is 16.5. The summed E-state index contributed by atoms with van der Waals surface area (Å²) in [4.78, 5) is 13.7. The van der Waals surface area contributed by atoms with Gasteiger partial charge in [0.05, 0.1) is 20.3 Å². The predicted octanol–water partition coefficient (Wildman–Crippen LogP) is 4.21. The quantitative estimate of drug-likeness (QED) is 0.819. The fourth-order valence-corrected chi connectivity index (χ4v) is 4.15. The maximum Gasteiger partial charge on any atom is 0.409 e. The maximum atomic E-state index is 11.9. The van der Waals surface area contributed by atoms with E-state index in [4.69, 9.17) is 14.2 Å². The van der Waals surface area contributed by atoms with Crippen LogP contribution in [0.5, 0.6) is 11.5 Å². The lowest BCUT2D eigenvalue weighted by atomic mass is 9.78. The molecule has 1 aromatic rings. The van der Waals surface area contributed by atoms with E-state index in [2.05, 4.69) is 26.0 Å². The molecule has 1 unspecified atom stereocenters. The third-order valence-corrected chi connectivity index (χ3v) is 5.56. The number of ether oxygens (including phenoxy) is 3. The Hall–Kier alpha value is -1.91. The molecular formula is C20H29NO4. The minimum atomic E-state index is -0.258. The Kier molecular flexibility index (Phi) is 5.11. The van der Waals surface area contributed by atoms with Crippen molar-refractivity contribution < 1.29 is 19.0 Å². The molecule has 1 aromatic carbocycles. The van der Waals surface area contributed by atoms with Gasteiger partial charge in [-0.05, 0) is 48.8 Å². The summed E-state index contributed by atoms with van der Waals surface area (Å²) >= 11 is 0. The predicted molar refractivity (Wildman–Crippen MR) is 96.4 cm³/mol. The molecule has 2 fully saturated rings. The molecule has 5 heteroatoms. The van der Waals surface area contributed by atoms with Crippen LogP contribution in [0.15, 0.2) is 18.2 Å². The van der Waals surface area contributed by atoms with Gasteiger partial charge < -0.3 is 19.1 Å². The first-order valence-electron chi connectivity index (χ1n) is 9.12. The molecule has 0 bridgehead atoms. The van der Waals surface area contributed by atoms with Crippen molar-refractivity contribution in [1.82, 2.24) is 4.90 Å². The first kappa shape index (κ1) is 17.9. The number of carbonyl (C=O) groups is 1. The van der Waals surface area contributed by atoms with Crippen molar-refractivity contribution in [2.75, 3.05) is 27.3 Å². The monoisotopic (exact) mass is 347 g/mol.